The van der Waals surface area contributed by atoms with E-state index in [0.29, 0.717) is 35.0 Å². The fourth-order valence-electron chi connectivity index (χ4n) is 4.17. The van der Waals surface area contributed by atoms with Gasteiger partial charge in [-0.2, -0.15) is 0 Å². The first kappa shape index (κ1) is 20.7. The Labute approximate surface area is 176 Å². The number of ether oxygens (including phenoxy) is 1. The van der Waals surface area contributed by atoms with E-state index in [1.807, 2.05) is 11.0 Å². The Morgan fingerprint density at radius 3 is 2.60 bits per heavy atom. The van der Waals surface area contributed by atoms with Gasteiger partial charge in [-0.1, -0.05) is 0 Å². The summed E-state index contributed by atoms with van der Waals surface area (Å²) >= 11 is 0. The van der Waals surface area contributed by atoms with Crippen LogP contribution in [0.25, 0.3) is 11.3 Å². The van der Waals surface area contributed by atoms with E-state index in [2.05, 4.69) is 15.3 Å². The molecule has 2 N–H and O–H groups in total. The molecule has 1 amide bonds. The summed E-state index contributed by atoms with van der Waals surface area (Å²) in [6.45, 7) is 4.47. The number of methoxy groups -OCH3 is 1. The summed E-state index contributed by atoms with van der Waals surface area (Å²) in [5, 5.41) is 12.9. The number of nitrogens with zero attached hydrogens (tertiary/aromatic N) is 4. The minimum absolute atomic E-state index is 0.0636. The zero-order chi connectivity index (χ0) is 21.3. The van der Waals surface area contributed by atoms with Gasteiger partial charge in [-0.3, -0.25) is 9.78 Å². The van der Waals surface area contributed by atoms with Crippen LogP contribution in [0.3, 0.4) is 0 Å². The van der Waals surface area contributed by atoms with Crippen LogP contribution in [-0.2, 0) is 15.1 Å². The van der Waals surface area contributed by atoms with Gasteiger partial charge in [0.2, 0.25) is 5.91 Å². The van der Waals surface area contributed by atoms with Crippen LogP contribution in [0.15, 0.2) is 24.5 Å². The Hall–Kier alpha value is -2.58. The highest BCUT2D eigenvalue weighted by atomic mass is 16.5. The van der Waals surface area contributed by atoms with E-state index in [4.69, 9.17) is 9.72 Å². The highest BCUT2D eigenvalue weighted by molar-refractivity contribution is 5.99. The molecule has 3 heterocycles. The van der Waals surface area contributed by atoms with Crippen molar-refractivity contribution in [3.63, 3.8) is 0 Å². The lowest BCUT2D eigenvalue weighted by atomic mass is 9.87. The van der Waals surface area contributed by atoms with Crippen molar-refractivity contribution >= 4 is 17.5 Å². The normalized spacial score (nSPS) is 21.9. The Balaban J connectivity index is 1.56. The summed E-state index contributed by atoms with van der Waals surface area (Å²) in [5.41, 5.74) is 1.10. The monoisotopic (exact) mass is 411 g/mol. The topological polar surface area (TPSA) is 100 Å². The van der Waals surface area contributed by atoms with Gasteiger partial charge < -0.3 is 20.1 Å². The van der Waals surface area contributed by atoms with Crippen LogP contribution in [0.1, 0.15) is 45.2 Å². The number of rotatable bonds is 5. The predicted octanol–water partition coefficient (Wildman–Crippen LogP) is 2.73. The third kappa shape index (κ3) is 4.44. The molecule has 2 aliphatic rings. The molecule has 8 heteroatoms. The van der Waals surface area contributed by atoms with Crippen molar-refractivity contribution in [3.05, 3.63) is 30.2 Å². The second-order valence-electron chi connectivity index (χ2n) is 8.73. The van der Waals surface area contributed by atoms with Crippen LogP contribution in [-0.4, -0.2) is 52.3 Å². The van der Waals surface area contributed by atoms with Crippen LogP contribution >= 0.6 is 0 Å². The quantitative estimate of drug-likeness (QED) is 0.780. The zero-order valence-electron chi connectivity index (χ0n) is 17.8. The van der Waals surface area contributed by atoms with Crippen molar-refractivity contribution in [3.8, 4) is 11.3 Å². The van der Waals surface area contributed by atoms with Crippen LogP contribution in [0.4, 0.5) is 11.6 Å². The molecule has 8 nitrogen and oxygen atoms in total. The first-order valence-corrected chi connectivity index (χ1v) is 10.5. The van der Waals surface area contributed by atoms with Crippen molar-refractivity contribution in [2.24, 2.45) is 5.92 Å². The maximum Gasteiger partial charge on any atom is 0.245 e. The predicted molar refractivity (Wildman–Crippen MR) is 114 cm³/mol. The summed E-state index contributed by atoms with van der Waals surface area (Å²) in [6, 6.07) is 3.68. The summed E-state index contributed by atoms with van der Waals surface area (Å²) in [5.74, 6) is 1.65. The molecule has 0 radical (unpaired) electrons. The van der Waals surface area contributed by atoms with Crippen molar-refractivity contribution in [1.29, 1.82) is 0 Å². The molecule has 1 fully saturated rings. The third-order valence-corrected chi connectivity index (χ3v) is 5.94. The van der Waals surface area contributed by atoms with Gasteiger partial charge in [0.25, 0.3) is 0 Å². The van der Waals surface area contributed by atoms with Gasteiger partial charge in [0.1, 0.15) is 5.60 Å². The molecular weight excluding hydrogens is 382 g/mol. The number of pyridine rings is 1. The molecule has 2 aromatic heterocycles. The molecule has 1 saturated carbocycles. The van der Waals surface area contributed by atoms with E-state index in [-0.39, 0.29) is 12.5 Å². The van der Waals surface area contributed by atoms with Gasteiger partial charge in [-0.25, -0.2) is 9.97 Å². The molecule has 160 valence electrons. The second-order valence-corrected chi connectivity index (χ2v) is 8.73. The van der Waals surface area contributed by atoms with Crippen LogP contribution in [0, 0.1) is 5.92 Å². The Morgan fingerprint density at radius 2 is 1.97 bits per heavy atom. The third-order valence-electron chi connectivity index (χ3n) is 5.94. The number of aliphatic hydroxyl groups is 1. The maximum atomic E-state index is 12.2. The average Bonchev–Trinajstić information content (AvgIpc) is 2.73. The van der Waals surface area contributed by atoms with Gasteiger partial charge in [0, 0.05) is 25.4 Å². The molecule has 0 saturated heterocycles. The number of amides is 1. The van der Waals surface area contributed by atoms with Gasteiger partial charge >= 0.3 is 0 Å². The largest absolute Gasteiger partial charge is 0.384 e. The average molecular weight is 412 g/mol. The number of nitrogens with one attached hydrogen (secondary N) is 1. The molecule has 30 heavy (non-hydrogen) atoms. The summed E-state index contributed by atoms with van der Waals surface area (Å²) in [6.07, 6.45) is 7.97. The summed E-state index contributed by atoms with van der Waals surface area (Å²) < 4.78 is 5.48. The zero-order valence-corrected chi connectivity index (χ0v) is 17.8. The Bertz CT molecular complexity index is 902. The van der Waals surface area contributed by atoms with Crippen molar-refractivity contribution in [2.45, 2.75) is 51.2 Å². The molecule has 0 spiro atoms. The number of anilines is 2. The number of aromatic nitrogens is 3. The minimum Gasteiger partial charge on any atom is -0.384 e. The van der Waals surface area contributed by atoms with Crippen LogP contribution in [0.5, 0.6) is 0 Å². The van der Waals surface area contributed by atoms with Crippen molar-refractivity contribution in [2.75, 3.05) is 30.4 Å². The summed E-state index contributed by atoms with van der Waals surface area (Å²) in [7, 11) is 1.77. The number of hydrogen-bond donors (Lipinski definition) is 2. The SMILES string of the molecule is CO[C@H]1CC[C@@H](CN2CC(=O)Nc3ncc(-c4ccc(C(C)(C)O)nc4)nc32)CC1. The smallest absolute Gasteiger partial charge is 0.245 e. The minimum atomic E-state index is -0.997. The van der Waals surface area contributed by atoms with Crippen molar-refractivity contribution in [1.82, 2.24) is 15.0 Å². The lowest BCUT2D eigenvalue weighted by Gasteiger charge is -2.35. The molecule has 0 bridgehead atoms. The first-order chi connectivity index (χ1) is 14.3. The number of hydrogen-bond acceptors (Lipinski definition) is 7. The lowest BCUT2D eigenvalue weighted by Crippen LogP contribution is -2.42. The highest BCUT2D eigenvalue weighted by Gasteiger charge is 2.29. The van der Waals surface area contributed by atoms with E-state index in [1.165, 1.54) is 0 Å². The summed E-state index contributed by atoms with van der Waals surface area (Å²) in [4.78, 5) is 27.9. The van der Waals surface area contributed by atoms with E-state index in [0.717, 1.165) is 37.8 Å². The van der Waals surface area contributed by atoms with E-state index >= 15 is 0 Å². The lowest BCUT2D eigenvalue weighted by molar-refractivity contribution is -0.115. The number of carbonyl (C=O) groups is 1. The van der Waals surface area contributed by atoms with Gasteiger partial charge in [0.05, 0.1) is 30.2 Å². The second kappa shape index (κ2) is 8.28. The highest BCUT2D eigenvalue weighted by Crippen LogP contribution is 2.32. The first-order valence-electron chi connectivity index (χ1n) is 10.5. The van der Waals surface area contributed by atoms with Gasteiger partial charge in [-0.15, -0.1) is 0 Å². The fourth-order valence-corrected chi connectivity index (χ4v) is 4.17. The van der Waals surface area contributed by atoms with Crippen molar-refractivity contribution < 1.29 is 14.6 Å². The Kier molecular flexibility index (Phi) is 5.71. The van der Waals surface area contributed by atoms with E-state index in [9.17, 15) is 9.90 Å². The van der Waals surface area contributed by atoms with Crippen LogP contribution in [0.2, 0.25) is 0 Å². The maximum absolute atomic E-state index is 12.2. The number of fused-ring (bicyclic) bond motifs is 1. The Morgan fingerprint density at radius 1 is 1.20 bits per heavy atom. The molecule has 0 aromatic carbocycles. The van der Waals surface area contributed by atoms with Crippen LogP contribution < -0.4 is 10.2 Å². The molecule has 0 atom stereocenters. The van der Waals surface area contributed by atoms with Gasteiger partial charge in [0.15, 0.2) is 11.6 Å². The molecule has 0 unspecified atom stereocenters. The molecule has 1 aliphatic heterocycles. The molecular formula is C22H29N5O3. The van der Waals surface area contributed by atoms with Gasteiger partial charge in [-0.05, 0) is 57.6 Å². The van der Waals surface area contributed by atoms with E-state index in [1.54, 1.807) is 39.4 Å². The molecule has 4 rings (SSSR count). The molecule has 1 aliphatic carbocycles. The van der Waals surface area contributed by atoms with E-state index < -0.39 is 5.60 Å². The molecule has 2 aromatic rings. The standard InChI is InChI=1S/C22H29N5O3/c1-22(2,29)18-9-6-15(10-23-18)17-11-24-20-21(25-17)27(13-19(28)26-20)12-14-4-7-16(30-3)8-5-14/h6,9-11,14,16,29H,4-5,7-8,12-13H2,1-3H3,(H,24,26,28)/t14-,16+. The fraction of sp³-hybridized carbons (Fsp3) is 0.545. The number of carbonyl (C=O) groups excluding carboxylic acids is 1.